The Balaban J connectivity index is 1.83. The van der Waals surface area contributed by atoms with E-state index in [-0.39, 0.29) is 25.2 Å². The third-order valence-corrected chi connectivity index (χ3v) is 3.72. The molecular formula is C14H19N3O4S. The Bertz CT molecular complexity index is 721. The van der Waals surface area contributed by atoms with Gasteiger partial charge < -0.3 is 15.1 Å². The molecular weight excluding hydrogens is 306 g/mol. The van der Waals surface area contributed by atoms with Crippen LogP contribution in [-0.4, -0.2) is 33.8 Å². The molecule has 2 amide bonds. The van der Waals surface area contributed by atoms with Gasteiger partial charge in [-0.25, -0.2) is 17.9 Å². The Labute approximate surface area is 129 Å². The van der Waals surface area contributed by atoms with E-state index in [9.17, 15) is 13.2 Å². The van der Waals surface area contributed by atoms with Crippen molar-refractivity contribution in [2.24, 2.45) is 0 Å². The monoisotopic (exact) mass is 325 g/mol. The normalized spacial score (nSPS) is 13.0. The first-order valence-corrected chi connectivity index (χ1v) is 8.72. The van der Waals surface area contributed by atoms with Crippen molar-refractivity contribution in [3.05, 3.63) is 36.1 Å². The summed E-state index contributed by atoms with van der Waals surface area (Å²) in [4.78, 5) is 11.7. The average Bonchev–Trinajstić information content (AvgIpc) is 2.86. The summed E-state index contributed by atoms with van der Waals surface area (Å²) in [5.74, 6) is 0.658. The molecule has 2 rings (SSSR count). The zero-order chi connectivity index (χ0) is 16.2. The average molecular weight is 325 g/mol. The number of nitrogens with one attached hydrogen (secondary N) is 3. The van der Waals surface area contributed by atoms with E-state index in [2.05, 4.69) is 15.4 Å². The number of benzene rings is 1. The van der Waals surface area contributed by atoms with Gasteiger partial charge in [-0.2, -0.15) is 0 Å². The molecule has 3 N–H and O–H groups in total. The SMILES string of the molecule is C[C@@H](NC(=O)NCCNS(C)(=O)=O)c1cc2ccccc2o1. The van der Waals surface area contributed by atoms with Gasteiger partial charge in [-0.3, -0.25) is 0 Å². The number of amides is 2. The van der Waals surface area contributed by atoms with Gasteiger partial charge in [0.2, 0.25) is 10.0 Å². The van der Waals surface area contributed by atoms with Crippen LogP contribution < -0.4 is 15.4 Å². The highest BCUT2D eigenvalue weighted by atomic mass is 32.2. The number of furan rings is 1. The fourth-order valence-corrected chi connectivity index (χ4v) is 2.42. The van der Waals surface area contributed by atoms with Crippen LogP contribution in [0.4, 0.5) is 4.79 Å². The van der Waals surface area contributed by atoms with Crippen LogP contribution in [-0.2, 0) is 10.0 Å². The molecule has 0 aliphatic rings. The van der Waals surface area contributed by atoms with Crippen LogP contribution in [0.2, 0.25) is 0 Å². The van der Waals surface area contributed by atoms with E-state index < -0.39 is 10.0 Å². The summed E-state index contributed by atoms with van der Waals surface area (Å²) in [6, 6.07) is 8.80. The highest BCUT2D eigenvalue weighted by Gasteiger charge is 2.13. The second kappa shape index (κ2) is 6.80. The highest BCUT2D eigenvalue weighted by Crippen LogP contribution is 2.23. The summed E-state index contributed by atoms with van der Waals surface area (Å²) < 4.78 is 29.7. The largest absolute Gasteiger partial charge is 0.459 e. The summed E-state index contributed by atoms with van der Waals surface area (Å²) in [7, 11) is -3.24. The molecule has 0 fully saturated rings. The maximum atomic E-state index is 11.7. The van der Waals surface area contributed by atoms with Gasteiger partial charge in [0.25, 0.3) is 0 Å². The van der Waals surface area contributed by atoms with E-state index in [1.54, 1.807) is 0 Å². The fourth-order valence-electron chi connectivity index (χ4n) is 1.95. The second-order valence-electron chi connectivity index (χ2n) is 4.98. The number of hydrogen-bond acceptors (Lipinski definition) is 4. The molecule has 1 atom stereocenters. The number of urea groups is 1. The standard InChI is InChI=1S/C14H19N3O4S/c1-10(13-9-11-5-3-4-6-12(11)21-13)17-14(18)15-7-8-16-22(2,19)20/h3-6,9-10,16H,7-8H2,1-2H3,(H2,15,17,18)/t10-/m1/s1. The molecule has 0 radical (unpaired) electrons. The van der Waals surface area contributed by atoms with Crippen LogP contribution in [0.25, 0.3) is 11.0 Å². The molecule has 0 saturated heterocycles. The lowest BCUT2D eigenvalue weighted by atomic mass is 10.2. The van der Waals surface area contributed by atoms with Crippen molar-refractivity contribution in [2.75, 3.05) is 19.3 Å². The first kappa shape index (κ1) is 16.3. The van der Waals surface area contributed by atoms with Crippen molar-refractivity contribution in [3.63, 3.8) is 0 Å². The van der Waals surface area contributed by atoms with Crippen LogP contribution in [0.1, 0.15) is 18.7 Å². The van der Waals surface area contributed by atoms with E-state index in [4.69, 9.17) is 4.42 Å². The van der Waals surface area contributed by atoms with Crippen molar-refractivity contribution in [1.29, 1.82) is 0 Å². The predicted octanol–water partition coefficient (Wildman–Crippen LogP) is 1.34. The predicted molar refractivity (Wildman–Crippen MR) is 84.0 cm³/mol. The van der Waals surface area contributed by atoms with Gasteiger partial charge in [0.1, 0.15) is 11.3 Å². The van der Waals surface area contributed by atoms with Gasteiger partial charge >= 0.3 is 6.03 Å². The van der Waals surface area contributed by atoms with Crippen LogP contribution in [0.3, 0.4) is 0 Å². The Kier molecular flexibility index (Phi) is 5.04. The lowest BCUT2D eigenvalue weighted by Crippen LogP contribution is -2.40. The zero-order valence-corrected chi connectivity index (χ0v) is 13.2. The summed E-state index contributed by atoms with van der Waals surface area (Å²) in [6.45, 7) is 2.16. The molecule has 0 bridgehead atoms. The van der Waals surface area contributed by atoms with Gasteiger partial charge in [-0.05, 0) is 19.1 Å². The molecule has 1 heterocycles. The van der Waals surface area contributed by atoms with Crippen molar-refractivity contribution in [3.8, 4) is 0 Å². The maximum Gasteiger partial charge on any atom is 0.315 e. The topological polar surface area (TPSA) is 100 Å². The van der Waals surface area contributed by atoms with Crippen molar-refractivity contribution < 1.29 is 17.6 Å². The van der Waals surface area contributed by atoms with Crippen molar-refractivity contribution in [1.82, 2.24) is 15.4 Å². The number of carbonyl (C=O) groups excluding carboxylic acids is 1. The van der Waals surface area contributed by atoms with Gasteiger partial charge in [0.05, 0.1) is 12.3 Å². The third-order valence-electron chi connectivity index (χ3n) is 2.99. The number of fused-ring (bicyclic) bond motifs is 1. The fraction of sp³-hybridized carbons (Fsp3) is 0.357. The zero-order valence-electron chi connectivity index (χ0n) is 12.4. The number of rotatable bonds is 6. The number of hydrogen-bond donors (Lipinski definition) is 3. The Hall–Kier alpha value is -2.06. The van der Waals surface area contributed by atoms with Crippen LogP contribution in [0.15, 0.2) is 34.7 Å². The van der Waals surface area contributed by atoms with Crippen LogP contribution >= 0.6 is 0 Å². The Morgan fingerprint density at radius 3 is 2.68 bits per heavy atom. The van der Waals surface area contributed by atoms with E-state index >= 15 is 0 Å². The second-order valence-corrected chi connectivity index (χ2v) is 6.81. The lowest BCUT2D eigenvalue weighted by Gasteiger charge is -2.12. The van der Waals surface area contributed by atoms with Crippen molar-refractivity contribution >= 4 is 27.0 Å². The van der Waals surface area contributed by atoms with E-state index in [0.717, 1.165) is 17.2 Å². The molecule has 1 aromatic carbocycles. The van der Waals surface area contributed by atoms with Gasteiger partial charge in [-0.1, -0.05) is 18.2 Å². The number of para-hydroxylation sites is 1. The molecule has 0 saturated carbocycles. The third kappa shape index (κ3) is 4.74. The minimum atomic E-state index is -3.24. The molecule has 7 nitrogen and oxygen atoms in total. The maximum absolute atomic E-state index is 11.7. The van der Waals surface area contributed by atoms with E-state index in [1.165, 1.54) is 0 Å². The quantitative estimate of drug-likeness (QED) is 0.698. The van der Waals surface area contributed by atoms with E-state index in [0.29, 0.717) is 5.76 Å². The molecule has 120 valence electrons. The minimum Gasteiger partial charge on any atom is -0.459 e. The van der Waals surface area contributed by atoms with E-state index in [1.807, 2.05) is 37.3 Å². The molecule has 1 aromatic heterocycles. The summed E-state index contributed by atoms with van der Waals surface area (Å²) in [6.07, 6.45) is 1.07. The van der Waals surface area contributed by atoms with Gasteiger partial charge in [-0.15, -0.1) is 0 Å². The molecule has 22 heavy (non-hydrogen) atoms. The molecule has 0 unspecified atom stereocenters. The molecule has 0 aliphatic carbocycles. The number of carbonyl (C=O) groups is 1. The molecule has 2 aromatic rings. The summed E-state index contributed by atoms with van der Waals surface area (Å²) >= 11 is 0. The van der Waals surface area contributed by atoms with Crippen LogP contribution in [0.5, 0.6) is 0 Å². The van der Waals surface area contributed by atoms with Crippen LogP contribution in [0, 0.1) is 0 Å². The minimum absolute atomic E-state index is 0.144. The molecule has 0 spiro atoms. The first-order valence-electron chi connectivity index (χ1n) is 6.82. The Morgan fingerprint density at radius 2 is 2.00 bits per heavy atom. The Morgan fingerprint density at radius 1 is 1.27 bits per heavy atom. The van der Waals surface area contributed by atoms with Crippen molar-refractivity contribution in [2.45, 2.75) is 13.0 Å². The first-order chi connectivity index (χ1) is 10.3. The smallest absolute Gasteiger partial charge is 0.315 e. The number of sulfonamides is 1. The van der Waals surface area contributed by atoms with Gasteiger partial charge in [0, 0.05) is 18.5 Å². The summed E-state index contributed by atoms with van der Waals surface area (Å²) in [5, 5.41) is 6.28. The molecule has 8 heteroatoms. The lowest BCUT2D eigenvalue weighted by molar-refractivity contribution is 0.236. The molecule has 0 aliphatic heterocycles. The summed E-state index contributed by atoms with van der Waals surface area (Å²) in [5.41, 5.74) is 0.768. The highest BCUT2D eigenvalue weighted by molar-refractivity contribution is 7.88. The van der Waals surface area contributed by atoms with Gasteiger partial charge in [0.15, 0.2) is 0 Å².